The molecule has 3 aromatic rings. The van der Waals surface area contributed by atoms with Gasteiger partial charge in [-0.05, 0) is 63.2 Å². The zero-order chi connectivity index (χ0) is 24.2. The van der Waals surface area contributed by atoms with Gasteiger partial charge in [0.05, 0.1) is 27.0 Å². The maximum Gasteiger partial charge on any atom is 0.279 e. The Morgan fingerprint density at radius 3 is 2.45 bits per heavy atom. The molecule has 0 aliphatic heterocycles. The quantitative estimate of drug-likeness (QED) is 0.487. The number of nitrogens with one attached hydrogen (secondary N) is 1. The van der Waals surface area contributed by atoms with E-state index >= 15 is 0 Å². The van der Waals surface area contributed by atoms with Crippen LogP contribution >= 0.6 is 11.3 Å². The Morgan fingerprint density at radius 2 is 1.85 bits per heavy atom. The minimum absolute atomic E-state index is 0.168. The van der Waals surface area contributed by atoms with Crippen LogP contribution in [0.15, 0.2) is 52.4 Å². The molecule has 0 aliphatic carbocycles. The number of hydrogen-bond acceptors (Lipinski definition) is 6. The average molecular weight is 490 g/mol. The van der Waals surface area contributed by atoms with Crippen LogP contribution in [-0.2, 0) is 25.9 Å². The van der Waals surface area contributed by atoms with E-state index in [1.807, 2.05) is 23.6 Å². The number of fused-ring (bicyclic) bond motifs is 1. The highest BCUT2D eigenvalue weighted by Gasteiger charge is 2.19. The standard InChI is InChI=1S/C23H27N3O5S2/c1-5-31-13-12-26-20-11-8-18(24-16(4)27)14-21(20)32-23(26)25-22(28)17-6-9-19(10-7-17)33(29,30)15(2)3/h6-11,14-15H,5,12-13H2,1-4H3,(H,24,27). The van der Waals surface area contributed by atoms with Crippen molar-refractivity contribution < 1.29 is 22.7 Å². The molecule has 0 radical (unpaired) electrons. The van der Waals surface area contributed by atoms with E-state index in [1.165, 1.54) is 42.5 Å². The van der Waals surface area contributed by atoms with Crippen LogP contribution in [0.1, 0.15) is 38.1 Å². The summed E-state index contributed by atoms with van der Waals surface area (Å²) in [5.41, 5.74) is 1.83. The lowest BCUT2D eigenvalue weighted by atomic mass is 10.2. The van der Waals surface area contributed by atoms with Gasteiger partial charge in [0.1, 0.15) is 0 Å². The number of hydrogen-bond donors (Lipinski definition) is 1. The predicted molar refractivity (Wildman–Crippen MR) is 129 cm³/mol. The zero-order valence-corrected chi connectivity index (χ0v) is 20.6. The molecule has 0 fully saturated rings. The number of rotatable bonds is 8. The van der Waals surface area contributed by atoms with Gasteiger partial charge in [0.25, 0.3) is 5.91 Å². The third-order valence-corrected chi connectivity index (χ3v) is 8.13. The molecule has 1 heterocycles. The molecule has 3 rings (SSSR count). The molecule has 0 aliphatic rings. The molecule has 0 unspecified atom stereocenters. The van der Waals surface area contributed by atoms with Crippen LogP contribution in [0.25, 0.3) is 10.2 Å². The summed E-state index contributed by atoms with van der Waals surface area (Å²) in [5.74, 6) is -0.638. The number of benzene rings is 2. The van der Waals surface area contributed by atoms with Crippen molar-refractivity contribution in [3.8, 4) is 0 Å². The lowest BCUT2D eigenvalue weighted by Gasteiger charge is -2.08. The molecule has 0 spiro atoms. The van der Waals surface area contributed by atoms with E-state index in [9.17, 15) is 18.0 Å². The predicted octanol–water partition coefficient (Wildman–Crippen LogP) is 3.62. The molecule has 0 saturated carbocycles. The number of nitrogens with zero attached hydrogens (tertiary/aromatic N) is 2. The summed E-state index contributed by atoms with van der Waals surface area (Å²) in [6.07, 6.45) is 0. The number of thiazole rings is 1. The second-order valence-electron chi connectivity index (χ2n) is 7.63. The van der Waals surface area contributed by atoms with Crippen molar-refractivity contribution in [2.45, 2.75) is 44.4 Å². The molecular weight excluding hydrogens is 462 g/mol. The Bertz CT molecular complexity index is 1340. The summed E-state index contributed by atoms with van der Waals surface area (Å²) < 4.78 is 32.9. The van der Waals surface area contributed by atoms with Crippen molar-refractivity contribution in [3.05, 3.63) is 52.8 Å². The van der Waals surface area contributed by atoms with Crippen LogP contribution in [0.4, 0.5) is 5.69 Å². The lowest BCUT2D eigenvalue weighted by molar-refractivity contribution is -0.114. The van der Waals surface area contributed by atoms with E-state index in [4.69, 9.17) is 4.74 Å². The van der Waals surface area contributed by atoms with Gasteiger partial charge in [-0.25, -0.2) is 8.42 Å². The van der Waals surface area contributed by atoms with Crippen LogP contribution in [0.3, 0.4) is 0 Å². The topological polar surface area (TPSA) is 107 Å². The first-order valence-electron chi connectivity index (χ1n) is 10.5. The molecule has 0 saturated heterocycles. The first kappa shape index (κ1) is 24.8. The SMILES string of the molecule is CCOCCn1c(=NC(=O)c2ccc(S(=O)(=O)C(C)C)cc2)sc2cc(NC(C)=O)ccc21. The molecule has 1 aromatic heterocycles. The van der Waals surface area contributed by atoms with Gasteiger partial charge >= 0.3 is 0 Å². The molecule has 2 aromatic carbocycles. The normalized spacial score (nSPS) is 12.5. The van der Waals surface area contributed by atoms with Crippen LogP contribution in [0, 0.1) is 0 Å². The summed E-state index contributed by atoms with van der Waals surface area (Å²) in [6.45, 7) is 8.12. The highest BCUT2D eigenvalue weighted by Crippen LogP contribution is 2.22. The second-order valence-corrected chi connectivity index (χ2v) is 11.1. The smallest absolute Gasteiger partial charge is 0.279 e. The van der Waals surface area contributed by atoms with Crippen molar-refractivity contribution in [1.29, 1.82) is 0 Å². The third-order valence-electron chi connectivity index (χ3n) is 4.91. The van der Waals surface area contributed by atoms with Crippen molar-refractivity contribution in [3.63, 3.8) is 0 Å². The number of sulfone groups is 1. The highest BCUT2D eigenvalue weighted by atomic mass is 32.2. The molecule has 1 N–H and O–H groups in total. The average Bonchev–Trinajstić information content (AvgIpc) is 3.09. The van der Waals surface area contributed by atoms with Crippen LogP contribution in [-0.4, -0.2) is 43.3 Å². The van der Waals surface area contributed by atoms with E-state index in [0.29, 0.717) is 35.8 Å². The monoisotopic (exact) mass is 489 g/mol. The number of amides is 2. The molecule has 176 valence electrons. The Kier molecular flexibility index (Phi) is 7.83. The van der Waals surface area contributed by atoms with Gasteiger partial charge in [-0.1, -0.05) is 11.3 Å². The van der Waals surface area contributed by atoms with Gasteiger partial charge < -0.3 is 14.6 Å². The zero-order valence-electron chi connectivity index (χ0n) is 19.0. The number of ether oxygens (including phenoxy) is 1. The summed E-state index contributed by atoms with van der Waals surface area (Å²) in [5, 5.41) is 2.21. The van der Waals surface area contributed by atoms with Gasteiger partial charge in [0.2, 0.25) is 5.91 Å². The fourth-order valence-corrected chi connectivity index (χ4v) is 5.32. The Balaban J connectivity index is 2.01. The number of anilines is 1. The number of carbonyl (C=O) groups is 2. The highest BCUT2D eigenvalue weighted by molar-refractivity contribution is 7.92. The maximum atomic E-state index is 12.9. The van der Waals surface area contributed by atoms with Crippen molar-refractivity contribution in [2.75, 3.05) is 18.5 Å². The fraction of sp³-hybridized carbons (Fsp3) is 0.348. The van der Waals surface area contributed by atoms with Crippen LogP contribution in [0.5, 0.6) is 0 Å². The van der Waals surface area contributed by atoms with E-state index in [1.54, 1.807) is 19.9 Å². The minimum Gasteiger partial charge on any atom is -0.380 e. The largest absolute Gasteiger partial charge is 0.380 e. The molecule has 33 heavy (non-hydrogen) atoms. The van der Waals surface area contributed by atoms with Gasteiger partial charge in [0.15, 0.2) is 14.6 Å². The first-order valence-corrected chi connectivity index (χ1v) is 12.9. The second kappa shape index (κ2) is 10.4. The summed E-state index contributed by atoms with van der Waals surface area (Å²) in [7, 11) is -3.42. The van der Waals surface area contributed by atoms with Gasteiger partial charge in [-0.2, -0.15) is 4.99 Å². The Labute approximate surface area is 196 Å². The maximum absolute atomic E-state index is 12.9. The molecule has 0 atom stereocenters. The molecule has 8 nitrogen and oxygen atoms in total. The van der Waals surface area contributed by atoms with E-state index in [-0.39, 0.29) is 10.8 Å². The molecule has 10 heteroatoms. The molecular formula is C23H27N3O5S2. The number of aromatic nitrogens is 1. The summed E-state index contributed by atoms with van der Waals surface area (Å²) in [4.78, 5) is 29.2. The van der Waals surface area contributed by atoms with E-state index in [0.717, 1.165) is 10.2 Å². The Hall–Kier alpha value is -2.82. The van der Waals surface area contributed by atoms with Crippen LogP contribution < -0.4 is 10.1 Å². The Morgan fingerprint density at radius 1 is 1.15 bits per heavy atom. The van der Waals surface area contributed by atoms with Crippen molar-refractivity contribution in [1.82, 2.24) is 4.57 Å². The lowest BCUT2D eigenvalue weighted by Crippen LogP contribution is -2.20. The summed E-state index contributed by atoms with van der Waals surface area (Å²) >= 11 is 1.33. The number of carbonyl (C=O) groups excluding carboxylic acids is 2. The fourth-order valence-electron chi connectivity index (χ4n) is 3.17. The third kappa shape index (κ3) is 5.76. The van der Waals surface area contributed by atoms with Crippen molar-refractivity contribution >= 4 is 48.9 Å². The first-order chi connectivity index (χ1) is 15.6. The molecule has 2 amide bonds. The summed E-state index contributed by atoms with van der Waals surface area (Å²) in [6, 6.07) is 11.3. The van der Waals surface area contributed by atoms with E-state index in [2.05, 4.69) is 10.3 Å². The van der Waals surface area contributed by atoms with E-state index < -0.39 is 21.0 Å². The molecule has 0 bridgehead atoms. The van der Waals surface area contributed by atoms with Crippen LogP contribution in [0.2, 0.25) is 0 Å². The minimum atomic E-state index is -3.42. The van der Waals surface area contributed by atoms with Gasteiger partial charge in [0, 0.05) is 31.3 Å². The van der Waals surface area contributed by atoms with Crippen molar-refractivity contribution in [2.24, 2.45) is 4.99 Å². The van der Waals surface area contributed by atoms with Gasteiger partial charge in [-0.15, -0.1) is 0 Å². The van der Waals surface area contributed by atoms with Gasteiger partial charge in [-0.3, -0.25) is 9.59 Å².